The molecule has 0 aliphatic rings. The molecule has 0 fully saturated rings. The molecule has 1 nitrogen and oxygen atoms in total. The van der Waals surface area contributed by atoms with Crippen LogP contribution in [0.25, 0.3) is 0 Å². The zero-order valence-corrected chi connectivity index (χ0v) is 9.60. The molecule has 0 spiro atoms. The highest BCUT2D eigenvalue weighted by atomic mass is 28.4. The molecule has 0 heterocycles. The molecule has 0 aliphatic heterocycles. The summed E-state index contributed by atoms with van der Waals surface area (Å²) in [5.74, 6) is -0.900. The maximum Gasteiger partial charge on any atom is 0.244 e. The fourth-order valence-corrected chi connectivity index (χ4v) is 1.88. The second-order valence-corrected chi connectivity index (χ2v) is 8.25. The van der Waals surface area contributed by atoms with Crippen LogP contribution >= 0.6 is 0 Å². The Bertz CT molecular complexity index is 306. The van der Waals surface area contributed by atoms with Crippen molar-refractivity contribution < 1.29 is 13.2 Å². The lowest BCUT2D eigenvalue weighted by Crippen LogP contribution is -2.32. The van der Waals surface area contributed by atoms with Crippen molar-refractivity contribution >= 4 is 8.32 Å². The van der Waals surface area contributed by atoms with Gasteiger partial charge in [0.15, 0.2) is 0 Å². The normalized spacial score (nSPS) is 11.5. The van der Waals surface area contributed by atoms with E-state index in [2.05, 4.69) is 0 Å². The molecule has 4 heteroatoms. The van der Waals surface area contributed by atoms with Gasteiger partial charge >= 0.3 is 0 Å². The van der Waals surface area contributed by atoms with E-state index in [4.69, 9.17) is 4.43 Å². The number of benzene rings is 1. The summed E-state index contributed by atoms with van der Waals surface area (Å²) in [6.45, 7) is 6.04. The van der Waals surface area contributed by atoms with E-state index >= 15 is 0 Å². The minimum absolute atomic E-state index is 0.293. The van der Waals surface area contributed by atoms with Crippen molar-refractivity contribution in [2.45, 2.75) is 26.1 Å². The molecule has 0 unspecified atom stereocenters. The molecule has 0 aliphatic carbocycles. The van der Waals surface area contributed by atoms with Gasteiger partial charge in [-0.1, -0.05) is 6.92 Å². The van der Waals surface area contributed by atoms with Crippen molar-refractivity contribution in [2.24, 2.45) is 0 Å². The lowest BCUT2D eigenvalue weighted by molar-refractivity contribution is 0.520. The summed E-state index contributed by atoms with van der Waals surface area (Å²) in [6.07, 6.45) is 0. The van der Waals surface area contributed by atoms with Gasteiger partial charge in [0.25, 0.3) is 0 Å². The fraction of sp³-hybridized carbons (Fsp3) is 0.400. The van der Waals surface area contributed by atoms with Gasteiger partial charge < -0.3 is 4.43 Å². The third-order valence-corrected chi connectivity index (χ3v) is 4.57. The standard InChI is InChI=1S/C10H14F2OSi/c1-4-14(2,3)13-10-6-8(11)5-9(12)7-10/h5-7H,4H2,1-3H3. The number of rotatable bonds is 3. The van der Waals surface area contributed by atoms with Gasteiger partial charge in [-0.15, -0.1) is 0 Å². The maximum atomic E-state index is 12.8. The Morgan fingerprint density at radius 3 is 2.07 bits per heavy atom. The minimum atomic E-state index is -1.80. The molecule has 1 rings (SSSR count). The Labute approximate surface area is 83.8 Å². The van der Waals surface area contributed by atoms with Crippen LogP contribution in [0.5, 0.6) is 5.75 Å². The molecule has 1 aromatic carbocycles. The predicted octanol–water partition coefficient (Wildman–Crippen LogP) is 3.57. The third kappa shape index (κ3) is 3.10. The molecule has 0 N–H and O–H groups in total. The van der Waals surface area contributed by atoms with E-state index in [9.17, 15) is 8.78 Å². The average molecular weight is 216 g/mol. The van der Waals surface area contributed by atoms with Crippen LogP contribution in [0, 0.1) is 11.6 Å². The van der Waals surface area contributed by atoms with Crippen LogP contribution in [0.4, 0.5) is 8.78 Å². The van der Waals surface area contributed by atoms with Crippen LogP contribution in [0.15, 0.2) is 18.2 Å². The highest BCUT2D eigenvalue weighted by Crippen LogP contribution is 2.20. The number of hydrogen-bond donors (Lipinski definition) is 0. The second kappa shape index (κ2) is 4.08. The molecule has 1 aromatic rings. The van der Waals surface area contributed by atoms with Gasteiger partial charge in [0.05, 0.1) is 0 Å². The first-order valence-electron chi connectivity index (χ1n) is 4.58. The van der Waals surface area contributed by atoms with Gasteiger partial charge in [-0.25, -0.2) is 8.78 Å². The molecule has 0 radical (unpaired) electrons. The summed E-state index contributed by atoms with van der Waals surface area (Å²) in [4.78, 5) is 0. The molecular formula is C10H14F2OSi. The first-order valence-corrected chi connectivity index (χ1v) is 7.69. The van der Waals surface area contributed by atoms with Crippen molar-refractivity contribution in [1.29, 1.82) is 0 Å². The summed E-state index contributed by atoms with van der Waals surface area (Å²) < 4.78 is 31.2. The highest BCUT2D eigenvalue weighted by Gasteiger charge is 2.21. The molecule has 0 atom stereocenters. The molecule has 0 saturated carbocycles. The zero-order chi connectivity index (χ0) is 10.8. The van der Waals surface area contributed by atoms with Gasteiger partial charge in [0, 0.05) is 18.2 Å². The first-order chi connectivity index (χ1) is 6.43. The van der Waals surface area contributed by atoms with E-state index in [0.717, 1.165) is 12.1 Å². The van der Waals surface area contributed by atoms with E-state index in [1.54, 1.807) is 0 Å². The Kier molecular flexibility index (Phi) is 3.26. The summed E-state index contributed by atoms with van der Waals surface area (Å²) in [5, 5.41) is 0. The van der Waals surface area contributed by atoms with Crippen LogP contribution in [0.2, 0.25) is 19.1 Å². The van der Waals surface area contributed by atoms with Crippen LogP contribution in [-0.2, 0) is 0 Å². The molecule has 0 amide bonds. The van der Waals surface area contributed by atoms with Gasteiger partial charge in [-0.05, 0) is 19.1 Å². The predicted molar refractivity (Wildman–Crippen MR) is 54.9 cm³/mol. The van der Waals surface area contributed by atoms with Crippen molar-refractivity contribution in [3.05, 3.63) is 29.8 Å². The summed E-state index contributed by atoms with van der Waals surface area (Å²) in [6, 6.07) is 4.18. The van der Waals surface area contributed by atoms with Crippen molar-refractivity contribution in [2.75, 3.05) is 0 Å². The van der Waals surface area contributed by atoms with Crippen LogP contribution in [0.3, 0.4) is 0 Å². The van der Waals surface area contributed by atoms with Crippen molar-refractivity contribution in [3.8, 4) is 5.75 Å². The smallest absolute Gasteiger partial charge is 0.244 e. The topological polar surface area (TPSA) is 9.23 Å². The van der Waals surface area contributed by atoms with E-state index in [1.165, 1.54) is 12.1 Å². The van der Waals surface area contributed by atoms with Gasteiger partial charge in [-0.3, -0.25) is 0 Å². The van der Waals surface area contributed by atoms with Crippen molar-refractivity contribution in [1.82, 2.24) is 0 Å². The zero-order valence-electron chi connectivity index (χ0n) is 8.60. The Hall–Kier alpha value is -0.903. The average Bonchev–Trinajstić information content (AvgIpc) is 2.01. The van der Waals surface area contributed by atoms with Gasteiger partial charge in [0.1, 0.15) is 17.4 Å². The fourth-order valence-electron chi connectivity index (χ4n) is 0.979. The number of hydrogen-bond acceptors (Lipinski definition) is 1. The van der Waals surface area contributed by atoms with Gasteiger partial charge in [-0.2, -0.15) is 0 Å². The Balaban J connectivity index is 2.87. The lowest BCUT2D eigenvalue weighted by Gasteiger charge is -2.22. The SMILES string of the molecule is CC[Si](C)(C)Oc1cc(F)cc(F)c1. The molecule has 0 saturated heterocycles. The quantitative estimate of drug-likeness (QED) is 0.702. The summed E-state index contributed by atoms with van der Waals surface area (Å²) in [5.41, 5.74) is 0. The second-order valence-electron chi connectivity index (χ2n) is 3.82. The first kappa shape index (κ1) is 11.2. The third-order valence-electron chi connectivity index (χ3n) is 2.08. The van der Waals surface area contributed by atoms with E-state index in [1.807, 2.05) is 20.0 Å². The minimum Gasteiger partial charge on any atom is -0.544 e. The largest absolute Gasteiger partial charge is 0.544 e. The van der Waals surface area contributed by atoms with Crippen molar-refractivity contribution in [3.63, 3.8) is 0 Å². The van der Waals surface area contributed by atoms with Crippen LogP contribution in [0.1, 0.15) is 6.92 Å². The highest BCUT2D eigenvalue weighted by molar-refractivity contribution is 6.71. The van der Waals surface area contributed by atoms with Crippen LogP contribution < -0.4 is 4.43 Å². The van der Waals surface area contributed by atoms with E-state index < -0.39 is 20.0 Å². The summed E-state index contributed by atoms with van der Waals surface area (Å²) >= 11 is 0. The van der Waals surface area contributed by atoms with Gasteiger partial charge in [0.2, 0.25) is 8.32 Å². The van der Waals surface area contributed by atoms with Crippen LogP contribution in [-0.4, -0.2) is 8.32 Å². The summed E-state index contributed by atoms with van der Waals surface area (Å²) in [7, 11) is -1.80. The molecule has 78 valence electrons. The molecule has 14 heavy (non-hydrogen) atoms. The lowest BCUT2D eigenvalue weighted by atomic mass is 10.3. The van der Waals surface area contributed by atoms with E-state index in [0.29, 0.717) is 5.75 Å². The van der Waals surface area contributed by atoms with E-state index in [-0.39, 0.29) is 0 Å². The molecular weight excluding hydrogens is 202 g/mol. The monoisotopic (exact) mass is 216 g/mol. The Morgan fingerprint density at radius 1 is 1.14 bits per heavy atom. The maximum absolute atomic E-state index is 12.8. The molecule has 0 aromatic heterocycles. The number of halogens is 2. The Morgan fingerprint density at radius 2 is 1.64 bits per heavy atom. The molecule has 0 bridgehead atoms.